The molecule has 0 bridgehead atoms. The van der Waals surface area contributed by atoms with E-state index in [9.17, 15) is 0 Å². The molecular formula is C21H14N3O+. The van der Waals surface area contributed by atoms with Gasteiger partial charge in [-0.15, -0.1) is 0 Å². The average Bonchev–Trinajstić information content (AvgIpc) is 3.00. The summed E-state index contributed by atoms with van der Waals surface area (Å²) in [6.07, 6.45) is 2.00. The predicted molar refractivity (Wildman–Crippen MR) is 97.6 cm³/mol. The summed E-state index contributed by atoms with van der Waals surface area (Å²) in [4.78, 5) is 6.99. The maximum Gasteiger partial charge on any atom is 0.236 e. The Balaban J connectivity index is 2.20. The van der Waals surface area contributed by atoms with Crippen molar-refractivity contribution in [1.29, 1.82) is 0 Å². The lowest BCUT2D eigenvalue weighted by atomic mass is 10.0. The number of pyridine rings is 1. The van der Waals surface area contributed by atoms with Crippen LogP contribution in [0.3, 0.4) is 0 Å². The topological polar surface area (TPSA) is 25.7 Å². The van der Waals surface area contributed by atoms with Gasteiger partial charge in [0.2, 0.25) is 11.4 Å². The molecule has 4 aromatic rings. The quantitative estimate of drug-likeness (QED) is 0.336. The highest BCUT2D eigenvalue weighted by molar-refractivity contribution is 6.14. The second-order valence-corrected chi connectivity index (χ2v) is 5.97. The van der Waals surface area contributed by atoms with Gasteiger partial charge in [0.15, 0.2) is 11.9 Å². The van der Waals surface area contributed by atoms with E-state index in [4.69, 9.17) is 17.6 Å². The fraction of sp³-hybridized carbons (Fsp3) is 0.0952. The van der Waals surface area contributed by atoms with E-state index in [0.717, 1.165) is 33.2 Å². The number of aryl methyl sites for hydroxylation is 2. The molecule has 118 valence electrons. The minimum atomic E-state index is 0.282. The average molecular weight is 324 g/mol. The molecule has 0 aliphatic heterocycles. The van der Waals surface area contributed by atoms with Crippen molar-refractivity contribution in [2.75, 3.05) is 0 Å². The molecule has 0 radical (unpaired) electrons. The lowest BCUT2D eigenvalue weighted by Crippen LogP contribution is -2.30. The Hall–Kier alpha value is -3.63. The molecule has 4 nitrogen and oxygen atoms in total. The first-order valence-electron chi connectivity index (χ1n) is 7.84. The SMILES string of the molecule is [C-]#[N+]c1ccc2c(oc3c(-c4cccc[n+]4C)c(C)ccc32)c1[N+]#[C-]. The van der Waals surface area contributed by atoms with Gasteiger partial charge in [0.25, 0.3) is 0 Å². The Labute approximate surface area is 145 Å². The first-order chi connectivity index (χ1) is 12.2. The van der Waals surface area contributed by atoms with E-state index in [1.54, 1.807) is 6.07 Å². The van der Waals surface area contributed by atoms with Crippen LogP contribution in [-0.4, -0.2) is 0 Å². The molecule has 0 unspecified atom stereocenters. The van der Waals surface area contributed by atoms with Crippen LogP contribution < -0.4 is 4.57 Å². The first kappa shape index (κ1) is 14.9. The highest BCUT2D eigenvalue weighted by Crippen LogP contribution is 2.43. The molecular weight excluding hydrogens is 310 g/mol. The van der Waals surface area contributed by atoms with Crippen molar-refractivity contribution in [2.24, 2.45) is 7.05 Å². The van der Waals surface area contributed by atoms with Crippen LogP contribution in [-0.2, 0) is 7.05 Å². The summed E-state index contributed by atoms with van der Waals surface area (Å²) in [6.45, 7) is 16.8. The van der Waals surface area contributed by atoms with E-state index in [0.29, 0.717) is 11.3 Å². The number of hydrogen-bond donors (Lipinski definition) is 0. The molecule has 0 saturated carbocycles. The third-order valence-electron chi connectivity index (χ3n) is 4.51. The number of hydrogen-bond acceptors (Lipinski definition) is 1. The molecule has 0 spiro atoms. The zero-order valence-electron chi connectivity index (χ0n) is 13.9. The minimum absolute atomic E-state index is 0.282. The van der Waals surface area contributed by atoms with Gasteiger partial charge in [0.1, 0.15) is 18.2 Å². The van der Waals surface area contributed by atoms with Gasteiger partial charge in [0, 0.05) is 22.9 Å². The molecule has 0 N–H and O–H groups in total. The molecule has 0 fully saturated rings. The normalized spacial score (nSPS) is 10.7. The summed E-state index contributed by atoms with van der Waals surface area (Å²) < 4.78 is 8.22. The molecule has 0 saturated heterocycles. The number of nitrogens with zero attached hydrogens (tertiary/aromatic N) is 3. The van der Waals surface area contributed by atoms with Crippen molar-refractivity contribution >= 4 is 33.3 Å². The summed E-state index contributed by atoms with van der Waals surface area (Å²) >= 11 is 0. The third kappa shape index (κ3) is 2.09. The van der Waals surface area contributed by atoms with Gasteiger partial charge in [-0.2, -0.15) is 0 Å². The van der Waals surface area contributed by atoms with Crippen molar-refractivity contribution in [1.82, 2.24) is 0 Å². The number of benzene rings is 2. The Bertz CT molecular complexity index is 1240. The summed E-state index contributed by atoms with van der Waals surface area (Å²) in [7, 11) is 2.00. The molecule has 2 aromatic heterocycles. The largest absolute Gasteiger partial charge is 0.468 e. The number of rotatable bonds is 1. The van der Waals surface area contributed by atoms with Crippen LogP contribution in [0, 0.1) is 20.1 Å². The monoisotopic (exact) mass is 324 g/mol. The Kier molecular flexibility index (Phi) is 3.27. The van der Waals surface area contributed by atoms with Gasteiger partial charge in [-0.25, -0.2) is 14.3 Å². The summed E-state index contributed by atoms with van der Waals surface area (Å²) in [5, 5.41) is 1.83. The van der Waals surface area contributed by atoms with Crippen molar-refractivity contribution in [2.45, 2.75) is 6.92 Å². The fourth-order valence-electron chi connectivity index (χ4n) is 3.28. The van der Waals surface area contributed by atoms with Crippen LogP contribution in [0.1, 0.15) is 5.56 Å². The van der Waals surface area contributed by atoms with Crippen LogP contribution in [0.4, 0.5) is 11.4 Å². The zero-order valence-corrected chi connectivity index (χ0v) is 13.9. The summed E-state index contributed by atoms with van der Waals surface area (Å²) in [5.74, 6) is 0. The van der Waals surface area contributed by atoms with E-state index in [-0.39, 0.29) is 5.69 Å². The van der Waals surface area contributed by atoms with Gasteiger partial charge >= 0.3 is 0 Å². The Morgan fingerprint density at radius 2 is 1.68 bits per heavy atom. The van der Waals surface area contributed by atoms with E-state index >= 15 is 0 Å². The van der Waals surface area contributed by atoms with Crippen molar-refractivity contribution in [3.8, 4) is 11.3 Å². The first-order valence-corrected chi connectivity index (χ1v) is 7.84. The zero-order chi connectivity index (χ0) is 17.6. The number of furan rings is 1. The van der Waals surface area contributed by atoms with Gasteiger partial charge in [-0.05, 0) is 18.6 Å². The molecule has 4 heteroatoms. The predicted octanol–water partition coefficient (Wildman–Crippen LogP) is 5.49. The molecule has 0 aliphatic carbocycles. The lowest BCUT2D eigenvalue weighted by molar-refractivity contribution is -0.660. The van der Waals surface area contributed by atoms with Crippen molar-refractivity contribution < 1.29 is 8.98 Å². The summed E-state index contributed by atoms with van der Waals surface area (Å²) in [6, 6.07) is 13.7. The lowest BCUT2D eigenvalue weighted by Gasteiger charge is -2.05. The molecule has 0 amide bonds. The van der Waals surface area contributed by atoms with Gasteiger partial charge in [-0.3, -0.25) is 0 Å². The van der Waals surface area contributed by atoms with Crippen LogP contribution in [0.25, 0.3) is 42.9 Å². The summed E-state index contributed by atoms with van der Waals surface area (Å²) in [5.41, 5.74) is 5.00. The smallest absolute Gasteiger partial charge is 0.236 e. The second kappa shape index (κ2) is 5.47. The van der Waals surface area contributed by atoms with Gasteiger partial charge in [-0.1, -0.05) is 24.3 Å². The van der Waals surface area contributed by atoms with Crippen LogP contribution in [0.2, 0.25) is 0 Å². The standard InChI is InChI=1S/C21H14N3O/c1-13-8-9-14-15-10-11-16(22-2)19(23-3)21(15)25-20(14)18(13)17-7-5-6-12-24(17)4/h5-12H,1,4H3/q+1. The Morgan fingerprint density at radius 1 is 0.920 bits per heavy atom. The second-order valence-electron chi connectivity index (χ2n) is 5.97. The number of fused-ring (bicyclic) bond motifs is 3. The minimum Gasteiger partial charge on any atom is -0.468 e. The molecule has 4 rings (SSSR count). The van der Waals surface area contributed by atoms with Gasteiger partial charge < -0.3 is 4.42 Å². The molecule has 25 heavy (non-hydrogen) atoms. The third-order valence-corrected chi connectivity index (χ3v) is 4.51. The number of aromatic nitrogens is 1. The highest BCUT2D eigenvalue weighted by Gasteiger charge is 2.22. The van der Waals surface area contributed by atoms with Crippen LogP contribution >= 0.6 is 0 Å². The molecule has 2 aromatic carbocycles. The highest BCUT2D eigenvalue weighted by atomic mass is 16.3. The van der Waals surface area contributed by atoms with Crippen LogP contribution in [0.15, 0.2) is 53.1 Å². The van der Waals surface area contributed by atoms with Crippen molar-refractivity contribution in [3.63, 3.8) is 0 Å². The van der Waals surface area contributed by atoms with Crippen LogP contribution in [0.5, 0.6) is 0 Å². The maximum absolute atomic E-state index is 7.46. The van der Waals surface area contributed by atoms with E-state index in [2.05, 4.69) is 33.3 Å². The Morgan fingerprint density at radius 3 is 2.40 bits per heavy atom. The molecule has 0 aliphatic rings. The molecule has 0 atom stereocenters. The van der Waals surface area contributed by atoms with E-state index in [1.807, 2.05) is 37.5 Å². The van der Waals surface area contributed by atoms with Gasteiger partial charge in [0.05, 0.1) is 18.7 Å². The molecule has 2 heterocycles. The fourth-order valence-corrected chi connectivity index (χ4v) is 3.28. The van der Waals surface area contributed by atoms with E-state index < -0.39 is 0 Å². The van der Waals surface area contributed by atoms with E-state index in [1.165, 1.54) is 0 Å². The maximum atomic E-state index is 7.46. The van der Waals surface area contributed by atoms with Crippen molar-refractivity contribution in [3.05, 3.63) is 77.1 Å².